The van der Waals surface area contributed by atoms with Crippen LogP contribution in [-0.4, -0.2) is 102 Å². The van der Waals surface area contributed by atoms with E-state index in [4.69, 9.17) is 20.2 Å². The van der Waals surface area contributed by atoms with Gasteiger partial charge in [0.15, 0.2) is 5.78 Å². The minimum absolute atomic E-state index is 0.00167. The van der Waals surface area contributed by atoms with E-state index >= 15 is 0 Å². The summed E-state index contributed by atoms with van der Waals surface area (Å²) in [5.74, 6) is -2.45. The molecule has 8 atom stereocenters. The van der Waals surface area contributed by atoms with Crippen molar-refractivity contribution in [2.75, 3.05) is 27.8 Å². The highest BCUT2D eigenvalue weighted by molar-refractivity contribution is 7.21. The first-order chi connectivity index (χ1) is 31.7. The number of hydrogen-bond donors (Lipinski definition) is 1. The first-order valence-electron chi connectivity index (χ1n) is 24.2. The quantitative estimate of drug-likeness (QED) is 0.0726. The summed E-state index contributed by atoms with van der Waals surface area (Å²) in [4.78, 5) is 78.9. The Morgan fingerprint density at radius 1 is 0.910 bits per heavy atom. The number of aromatic nitrogens is 1. The predicted octanol–water partition coefficient (Wildman–Crippen LogP) is 9.40. The van der Waals surface area contributed by atoms with Crippen molar-refractivity contribution in [3.63, 3.8) is 0 Å². The highest BCUT2D eigenvalue weighted by Crippen LogP contribution is 2.34. The Hall–Kier alpha value is -4.62. The second kappa shape index (κ2) is 23.6. The van der Waals surface area contributed by atoms with Crippen molar-refractivity contribution < 1.29 is 33.4 Å². The summed E-state index contributed by atoms with van der Waals surface area (Å²) in [7, 11) is 4.90. The maximum atomic E-state index is 14.5. The topological polar surface area (TPSA) is 149 Å². The molecule has 2 heterocycles. The van der Waals surface area contributed by atoms with Gasteiger partial charge in [0.25, 0.3) is 0 Å². The molecular weight excluding hydrogens is 861 g/mol. The molecule has 11 nitrogen and oxygen atoms in total. The summed E-state index contributed by atoms with van der Waals surface area (Å²) in [5, 5.41) is 0.935. The predicted molar refractivity (Wildman–Crippen MR) is 269 cm³/mol. The number of nitrogens with two attached hydrogens (primary N) is 1. The molecule has 0 unspecified atom stereocenters. The third-order valence-electron chi connectivity index (χ3n) is 14.3. The number of amides is 2. The maximum absolute atomic E-state index is 14.5. The van der Waals surface area contributed by atoms with Crippen LogP contribution < -0.4 is 5.73 Å². The van der Waals surface area contributed by atoms with Gasteiger partial charge < -0.3 is 25.0 Å². The van der Waals surface area contributed by atoms with E-state index < -0.39 is 41.5 Å². The van der Waals surface area contributed by atoms with Gasteiger partial charge in [0.1, 0.15) is 16.6 Å². The fourth-order valence-electron chi connectivity index (χ4n) is 9.82. The zero-order valence-electron chi connectivity index (χ0n) is 42.1. The molecule has 0 spiro atoms. The third kappa shape index (κ3) is 13.3. The fraction of sp³-hybridized carbons (Fsp3) is 0.564. The summed E-state index contributed by atoms with van der Waals surface area (Å²) < 4.78 is 13.3. The van der Waals surface area contributed by atoms with Gasteiger partial charge in [0.05, 0.1) is 46.5 Å². The molecule has 0 aliphatic carbocycles. The van der Waals surface area contributed by atoms with Crippen LogP contribution in [0.5, 0.6) is 0 Å². The number of fused-ring (bicyclic) bond motifs is 1. The second-order valence-corrected chi connectivity index (χ2v) is 21.2. The monoisotopic (exact) mass is 937 g/mol. The van der Waals surface area contributed by atoms with E-state index in [0.29, 0.717) is 19.4 Å². The summed E-state index contributed by atoms with van der Waals surface area (Å²) in [5.41, 5.74) is 11.1. The molecule has 1 saturated heterocycles. The molecule has 1 fully saturated rings. The summed E-state index contributed by atoms with van der Waals surface area (Å²) in [6, 6.07) is 21.4. The molecule has 4 aromatic rings. The Morgan fingerprint density at radius 2 is 1.61 bits per heavy atom. The van der Waals surface area contributed by atoms with Crippen LogP contribution in [-0.2, 0) is 46.3 Å². The SMILES string of the molecule is CC[C@H](C)[C@@H]([C@@H](CC(=O)N1CCC[C@H]1[C@H](OC)[C@@H](C)C(=O)C[C@@H](Cc1ccccc1)C(=O)Cc1ccc(-c2nc3cc(C)ccc3s2)cc1C)OC)N(C)C(=O)[C@@H](CC(=O)C(C)(C)N)C(C)C. The number of nitrogens with zero attached hydrogens (tertiary/aromatic N) is 3. The summed E-state index contributed by atoms with van der Waals surface area (Å²) in [6.45, 7) is 17.7. The molecular formula is C55H76N4O7S. The largest absolute Gasteiger partial charge is 0.379 e. The van der Waals surface area contributed by atoms with Crippen molar-refractivity contribution in [2.45, 2.75) is 144 Å². The number of rotatable bonds is 24. The molecule has 5 rings (SSSR count). The third-order valence-corrected chi connectivity index (χ3v) is 15.4. The molecule has 0 bridgehead atoms. The van der Waals surface area contributed by atoms with Gasteiger partial charge in [0, 0.05) is 70.4 Å². The summed E-state index contributed by atoms with van der Waals surface area (Å²) in [6.07, 6.45) is 1.64. The molecule has 1 aliphatic rings. The van der Waals surface area contributed by atoms with E-state index in [1.54, 1.807) is 51.4 Å². The lowest BCUT2D eigenvalue weighted by Crippen LogP contribution is -2.54. The molecule has 12 heteroatoms. The Morgan fingerprint density at radius 3 is 2.22 bits per heavy atom. The van der Waals surface area contributed by atoms with Gasteiger partial charge in [-0.1, -0.05) is 89.6 Å². The van der Waals surface area contributed by atoms with Crippen LogP contribution in [0.2, 0.25) is 0 Å². The summed E-state index contributed by atoms with van der Waals surface area (Å²) >= 11 is 1.65. The van der Waals surface area contributed by atoms with Gasteiger partial charge >= 0.3 is 0 Å². The average molecular weight is 937 g/mol. The Bertz CT molecular complexity index is 2340. The molecule has 3 aromatic carbocycles. The number of carbonyl (C=O) groups excluding carboxylic acids is 5. The smallest absolute Gasteiger partial charge is 0.226 e. The van der Waals surface area contributed by atoms with Gasteiger partial charge in [-0.15, -0.1) is 11.3 Å². The number of aryl methyl sites for hydroxylation is 2. The molecule has 67 heavy (non-hydrogen) atoms. The van der Waals surface area contributed by atoms with Crippen molar-refractivity contribution in [1.29, 1.82) is 0 Å². The van der Waals surface area contributed by atoms with Crippen molar-refractivity contribution in [3.05, 3.63) is 89.0 Å². The van der Waals surface area contributed by atoms with Gasteiger partial charge in [-0.05, 0) is 99.2 Å². The number of hydrogen-bond acceptors (Lipinski definition) is 10. The molecule has 2 amide bonds. The fourth-order valence-corrected chi connectivity index (χ4v) is 10.8. The first kappa shape index (κ1) is 53.3. The maximum Gasteiger partial charge on any atom is 0.226 e. The van der Waals surface area contributed by atoms with Crippen LogP contribution in [0.25, 0.3) is 20.8 Å². The minimum Gasteiger partial charge on any atom is -0.379 e. The lowest BCUT2D eigenvalue weighted by atomic mass is 9.82. The van der Waals surface area contributed by atoms with Gasteiger partial charge in [-0.3, -0.25) is 24.0 Å². The molecule has 364 valence electrons. The van der Waals surface area contributed by atoms with Gasteiger partial charge in [0.2, 0.25) is 11.8 Å². The Labute approximate surface area is 403 Å². The van der Waals surface area contributed by atoms with Gasteiger partial charge in [-0.2, -0.15) is 0 Å². The normalized spacial score (nSPS) is 17.5. The zero-order valence-corrected chi connectivity index (χ0v) is 42.9. The van der Waals surface area contributed by atoms with Crippen LogP contribution in [0.4, 0.5) is 0 Å². The standard InChI is InChI=1S/C55H76N4O7S/c1-13-35(5)51(58(10)54(64)42(33(2)3)31-49(62)55(8,9)56)47(65-11)32-50(63)59-25-17-20-44(59)52(66-12)37(7)45(60)30-41(28-38-18-15-14-16-19-38)46(61)29-39-22-23-40(27-36(39)6)53-57-43-26-34(4)21-24-48(43)67-53/h14-16,18-19,21-24,26-27,33,35,37,41-42,44,47,51-52H,13,17,20,25,28-32,56H2,1-12H3/t35-,37-,41+,42-,44-,47+,51-,52+/m0/s1. The van der Waals surface area contributed by atoms with Crippen LogP contribution in [0, 0.1) is 43.4 Å². The van der Waals surface area contributed by atoms with E-state index in [2.05, 4.69) is 38.1 Å². The number of likely N-dealkylation sites (tertiary alicyclic amines) is 1. The van der Waals surface area contributed by atoms with E-state index in [1.165, 1.54) is 5.56 Å². The average Bonchev–Trinajstić information content (AvgIpc) is 3.95. The number of Topliss-reactive ketones (excluding diaryl/α,β-unsaturated/α-hetero) is 3. The number of benzene rings is 3. The number of ketones is 3. The van der Waals surface area contributed by atoms with E-state index in [1.807, 2.05) is 82.0 Å². The molecule has 1 aromatic heterocycles. The van der Waals surface area contributed by atoms with Crippen LogP contribution in [0.15, 0.2) is 66.7 Å². The minimum atomic E-state index is -1.06. The van der Waals surface area contributed by atoms with E-state index in [-0.39, 0.29) is 72.7 Å². The highest BCUT2D eigenvalue weighted by Gasteiger charge is 2.43. The van der Waals surface area contributed by atoms with Gasteiger partial charge in [-0.25, -0.2) is 4.98 Å². The van der Waals surface area contributed by atoms with E-state index in [9.17, 15) is 24.0 Å². The Balaban J connectivity index is 1.31. The Kier molecular flexibility index (Phi) is 18.8. The molecule has 0 saturated carbocycles. The van der Waals surface area contributed by atoms with Crippen molar-refractivity contribution in [3.8, 4) is 10.6 Å². The van der Waals surface area contributed by atoms with Crippen LogP contribution in [0.3, 0.4) is 0 Å². The van der Waals surface area contributed by atoms with Crippen molar-refractivity contribution >= 4 is 50.7 Å². The first-order valence-corrected chi connectivity index (χ1v) is 25.0. The lowest BCUT2D eigenvalue weighted by Gasteiger charge is -2.41. The highest BCUT2D eigenvalue weighted by atomic mass is 32.1. The van der Waals surface area contributed by atoms with E-state index in [0.717, 1.165) is 50.3 Å². The van der Waals surface area contributed by atoms with Crippen LogP contribution in [0.1, 0.15) is 109 Å². The number of thiazole rings is 1. The van der Waals surface area contributed by atoms with Crippen LogP contribution >= 0.6 is 11.3 Å². The number of methoxy groups -OCH3 is 2. The second-order valence-electron chi connectivity index (χ2n) is 20.1. The van der Waals surface area contributed by atoms with Crippen molar-refractivity contribution in [1.82, 2.24) is 14.8 Å². The van der Waals surface area contributed by atoms with Crippen molar-refractivity contribution in [2.24, 2.45) is 35.3 Å². The molecule has 1 aliphatic heterocycles. The number of carbonyl (C=O) groups is 5. The zero-order chi connectivity index (χ0) is 49.3. The lowest BCUT2D eigenvalue weighted by molar-refractivity contribution is -0.149. The number of likely N-dealkylation sites (N-methyl/N-ethyl adjacent to an activating group) is 1. The number of ether oxygens (including phenoxy) is 2. The molecule has 2 N–H and O–H groups in total. The molecule has 0 radical (unpaired) electrons.